The van der Waals surface area contributed by atoms with E-state index in [2.05, 4.69) is 0 Å². The Balaban J connectivity index is 5.02. The van der Waals surface area contributed by atoms with Crippen LogP contribution in [0.2, 0.25) is 0 Å². The van der Waals surface area contributed by atoms with E-state index in [1.54, 1.807) is 20.8 Å². The first kappa shape index (κ1) is 14.3. The lowest BCUT2D eigenvalue weighted by atomic mass is 10.5. The Hall–Kier alpha value is -0.710. The molecule has 6 nitrogen and oxygen atoms in total. The quantitative estimate of drug-likeness (QED) is 0.386. The zero-order valence-corrected chi connectivity index (χ0v) is 10.0. The second-order valence-corrected chi connectivity index (χ2v) is 4.68. The maximum Gasteiger partial charge on any atom is 0.363 e. The van der Waals surface area contributed by atoms with Gasteiger partial charge in [0.05, 0.1) is 18.1 Å². The van der Waals surface area contributed by atoms with Gasteiger partial charge in [-0.25, -0.2) is 0 Å². The van der Waals surface area contributed by atoms with Crippen molar-refractivity contribution in [3.8, 4) is 0 Å². The lowest BCUT2D eigenvalue weighted by Crippen LogP contribution is -2.00. The van der Waals surface area contributed by atoms with E-state index in [1.165, 1.54) is 0 Å². The molecule has 0 spiro atoms. The van der Waals surface area contributed by atoms with Crippen molar-refractivity contribution in [2.45, 2.75) is 27.2 Å². The SMILES string of the molecule is CCOP(=O)(OCC)/C(=C/[N+](=O)[O-])CC. The zero-order chi connectivity index (χ0) is 11.9. The summed E-state index contributed by atoms with van der Waals surface area (Å²) in [6.45, 7) is 5.36. The summed E-state index contributed by atoms with van der Waals surface area (Å²) >= 11 is 0. The predicted molar refractivity (Wildman–Crippen MR) is 56.2 cm³/mol. The van der Waals surface area contributed by atoms with Gasteiger partial charge in [0.2, 0.25) is 6.20 Å². The summed E-state index contributed by atoms with van der Waals surface area (Å²) in [6.07, 6.45) is 0.963. The second kappa shape index (κ2) is 6.71. The fraction of sp³-hybridized carbons (Fsp3) is 0.750. The van der Waals surface area contributed by atoms with Crippen LogP contribution < -0.4 is 0 Å². The average molecular weight is 237 g/mol. The highest BCUT2D eigenvalue weighted by molar-refractivity contribution is 7.58. The van der Waals surface area contributed by atoms with Crippen LogP contribution in [0.1, 0.15) is 27.2 Å². The fourth-order valence-corrected chi connectivity index (χ4v) is 2.73. The largest absolute Gasteiger partial charge is 0.363 e. The molecular weight excluding hydrogens is 221 g/mol. The molecule has 0 radical (unpaired) electrons. The summed E-state index contributed by atoms with van der Waals surface area (Å²) in [7, 11) is -3.46. The van der Waals surface area contributed by atoms with Gasteiger partial charge >= 0.3 is 7.60 Å². The molecule has 0 rings (SSSR count). The number of nitro groups is 1. The standard InChI is InChI=1S/C8H16NO5P/c1-4-8(7-9(10)11)15(12,13-5-2)14-6-3/h7H,4-6H2,1-3H3/b8-7+. The molecule has 0 heterocycles. The van der Waals surface area contributed by atoms with E-state index in [0.29, 0.717) is 6.20 Å². The molecule has 88 valence electrons. The number of hydrogen-bond donors (Lipinski definition) is 0. The van der Waals surface area contributed by atoms with E-state index < -0.39 is 12.5 Å². The third-order valence-corrected chi connectivity index (χ3v) is 3.90. The molecule has 15 heavy (non-hydrogen) atoms. The molecular formula is C8H16NO5P. The van der Waals surface area contributed by atoms with Crippen LogP contribution in [0.15, 0.2) is 11.5 Å². The summed E-state index contributed by atoms with van der Waals surface area (Å²) in [5, 5.41) is 10.4. The lowest BCUT2D eigenvalue weighted by Gasteiger charge is -2.17. The van der Waals surface area contributed by atoms with Crippen molar-refractivity contribution < 1.29 is 18.5 Å². The first-order chi connectivity index (χ1) is 7.00. The van der Waals surface area contributed by atoms with Crippen LogP contribution in [0.5, 0.6) is 0 Å². The molecule has 0 aromatic carbocycles. The van der Waals surface area contributed by atoms with E-state index in [0.717, 1.165) is 0 Å². The lowest BCUT2D eigenvalue weighted by molar-refractivity contribution is -0.403. The number of rotatable bonds is 7. The number of allylic oxidation sites excluding steroid dienone is 1. The Bertz CT molecular complexity index is 279. The first-order valence-electron chi connectivity index (χ1n) is 4.74. The average Bonchev–Trinajstić information content (AvgIpc) is 2.14. The van der Waals surface area contributed by atoms with Gasteiger partial charge in [-0.1, -0.05) is 6.92 Å². The molecule has 0 aliphatic carbocycles. The smallest absolute Gasteiger partial charge is 0.306 e. The van der Waals surface area contributed by atoms with E-state index in [1.807, 2.05) is 0 Å². The second-order valence-electron chi connectivity index (χ2n) is 2.59. The number of nitrogens with zero attached hydrogens (tertiary/aromatic N) is 1. The van der Waals surface area contributed by atoms with Crippen molar-refractivity contribution >= 4 is 7.60 Å². The Morgan fingerprint density at radius 2 is 1.80 bits per heavy atom. The third kappa shape index (κ3) is 4.55. The highest BCUT2D eigenvalue weighted by Gasteiger charge is 2.30. The van der Waals surface area contributed by atoms with Crippen molar-refractivity contribution in [3.63, 3.8) is 0 Å². The highest BCUT2D eigenvalue weighted by atomic mass is 31.2. The van der Waals surface area contributed by atoms with Crippen LogP contribution in [0, 0.1) is 10.1 Å². The van der Waals surface area contributed by atoms with E-state index in [9.17, 15) is 14.7 Å². The van der Waals surface area contributed by atoms with Crippen molar-refractivity contribution in [1.29, 1.82) is 0 Å². The Labute approximate surface area is 88.9 Å². The molecule has 0 aromatic rings. The molecule has 0 saturated carbocycles. The monoisotopic (exact) mass is 237 g/mol. The molecule has 0 atom stereocenters. The predicted octanol–water partition coefficient (Wildman–Crippen LogP) is 2.78. The van der Waals surface area contributed by atoms with Gasteiger partial charge in [0.15, 0.2) is 0 Å². The molecule has 0 saturated heterocycles. The zero-order valence-electron chi connectivity index (χ0n) is 9.13. The van der Waals surface area contributed by atoms with Crippen LogP contribution in [0.25, 0.3) is 0 Å². The summed E-state index contributed by atoms with van der Waals surface area (Å²) in [6, 6.07) is 0. The van der Waals surface area contributed by atoms with Gasteiger partial charge in [0.25, 0.3) is 0 Å². The summed E-state index contributed by atoms with van der Waals surface area (Å²) < 4.78 is 22.0. The van der Waals surface area contributed by atoms with Crippen molar-refractivity contribution in [1.82, 2.24) is 0 Å². The summed E-state index contributed by atoms with van der Waals surface area (Å²) in [4.78, 5) is 9.67. The minimum Gasteiger partial charge on any atom is -0.306 e. The van der Waals surface area contributed by atoms with Gasteiger partial charge in [-0.05, 0) is 20.3 Å². The Morgan fingerprint density at radius 3 is 2.07 bits per heavy atom. The van der Waals surface area contributed by atoms with Crippen LogP contribution >= 0.6 is 7.60 Å². The molecule has 7 heteroatoms. The van der Waals surface area contributed by atoms with Crippen LogP contribution in [0.3, 0.4) is 0 Å². The molecule has 0 aromatic heterocycles. The van der Waals surface area contributed by atoms with E-state index in [-0.39, 0.29) is 24.9 Å². The van der Waals surface area contributed by atoms with Gasteiger partial charge in [-0.2, -0.15) is 0 Å². The van der Waals surface area contributed by atoms with Crippen molar-refractivity contribution in [2.24, 2.45) is 0 Å². The van der Waals surface area contributed by atoms with Gasteiger partial charge in [-0.3, -0.25) is 14.7 Å². The highest BCUT2D eigenvalue weighted by Crippen LogP contribution is 2.57. The van der Waals surface area contributed by atoms with Gasteiger partial charge in [0.1, 0.15) is 5.31 Å². The molecule has 0 amide bonds. The normalized spacial score (nSPS) is 12.9. The number of hydrogen-bond acceptors (Lipinski definition) is 5. The molecule has 0 aliphatic heterocycles. The van der Waals surface area contributed by atoms with E-state index >= 15 is 0 Å². The van der Waals surface area contributed by atoms with Gasteiger partial charge in [0, 0.05) is 0 Å². The van der Waals surface area contributed by atoms with Crippen LogP contribution in [0.4, 0.5) is 0 Å². The van der Waals surface area contributed by atoms with Gasteiger partial charge < -0.3 is 9.05 Å². The Kier molecular flexibility index (Phi) is 6.40. The minimum atomic E-state index is -3.46. The van der Waals surface area contributed by atoms with Crippen molar-refractivity contribution in [2.75, 3.05) is 13.2 Å². The topological polar surface area (TPSA) is 78.7 Å². The van der Waals surface area contributed by atoms with Gasteiger partial charge in [-0.15, -0.1) is 0 Å². The van der Waals surface area contributed by atoms with E-state index in [4.69, 9.17) is 9.05 Å². The molecule has 0 bridgehead atoms. The third-order valence-electron chi connectivity index (χ3n) is 1.57. The maximum atomic E-state index is 12.1. The summed E-state index contributed by atoms with van der Waals surface area (Å²) in [5.41, 5.74) is 0. The Morgan fingerprint density at radius 1 is 1.33 bits per heavy atom. The van der Waals surface area contributed by atoms with Crippen LogP contribution in [-0.4, -0.2) is 18.1 Å². The minimum absolute atomic E-state index is 0.0937. The molecule has 0 aliphatic rings. The maximum absolute atomic E-state index is 12.1. The van der Waals surface area contributed by atoms with Crippen LogP contribution in [-0.2, 0) is 13.6 Å². The summed E-state index contributed by atoms with van der Waals surface area (Å²) in [5.74, 6) is 0. The fourth-order valence-electron chi connectivity index (χ4n) is 1.02. The molecule has 0 N–H and O–H groups in total. The molecule has 0 fully saturated rings. The first-order valence-corrected chi connectivity index (χ1v) is 6.28. The molecule has 0 unspecified atom stereocenters. The van der Waals surface area contributed by atoms with Crippen molar-refractivity contribution in [3.05, 3.63) is 21.6 Å².